The van der Waals surface area contributed by atoms with Crippen LogP contribution in [0.2, 0.25) is 0 Å². The van der Waals surface area contributed by atoms with Crippen LogP contribution >= 0.6 is 0 Å². The van der Waals surface area contributed by atoms with Gasteiger partial charge in [-0.15, -0.1) is 0 Å². The molecule has 1 aliphatic rings. The quantitative estimate of drug-likeness (QED) is 0.731. The van der Waals surface area contributed by atoms with Crippen molar-refractivity contribution in [1.82, 2.24) is 5.43 Å². The number of allylic oxidation sites excluding steroid dienone is 1. The van der Waals surface area contributed by atoms with Crippen molar-refractivity contribution in [3.8, 4) is 0 Å². The maximum absolute atomic E-state index is 11.8. The number of methoxy groups -OCH3 is 1. The first-order valence-corrected chi connectivity index (χ1v) is 5.28. The molecule has 1 rings (SSSR count). The Hall–Kier alpha value is -1.85. The van der Waals surface area contributed by atoms with Crippen LogP contribution in [0.25, 0.3) is 0 Å². The van der Waals surface area contributed by atoms with Crippen molar-refractivity contribution in [1.29, 1.82) is 0 Å². The molecule has 0 aromatic rings. The molecule has 0 spiro atoms. The summed E-state index contributed by atoms with van der Waals surface area (Å²) in [6, 6.07) is 0. The van der Waals surface area contributed by atoms with E-state index in [0.29, 0.717) is 11.4 Å². The number of hydrazone groups is 1. The van der Waals surface area contributed by atoms with E-state index in [4.69, 9.17) is 4.74 Å². The summed E-state index contributed by atoms with van der Waals surface area (Å²) < 4.78 is 9.60. The molecule has 0 saturated carbocycles. The minimum Gasteiger partial charge on any atom is -0.466 e. The summed E-state index contributed by atoms with van der Waals surface area (Å²) in [5, 5.41) is 3.96. The maximum Gasteiger partial charge on any atom is 0.336 e. The predicted octanol–water partition coefficient (Wildman–Crippen LogP) is 0.592. The van der Waals surface area contributed by atoms with Gasteiger partial charge in [-0.3, -0.25) is 10.2 Å². The fourth-order valence-corrected chi connectivity index (χ4v) is 1.62. The number of nitrogens with one attached hydrogen (secondary N) is 1. The molecule has 0 bridgehead atoms. The SMILES string of the molecule is CCOC(=O)C1C(C)=NNC(C)=C1C(=O)OC. The average Bonchev–Trinajstić information content (AvgIpc) is 2.31. The highest BCUT2D eigenvalue weighted by Gasteiger charge is 2.36. The third kappa shape index (κ3) is 2.64. The molecular formula is C11H16N2O4. The Morgan fingerprint density at radius 1 is 1.41 bits per heavy atom. The zero-order chi connectivity index (χ0) is 13.0. The minimum absolute atomic E-state index is 0.249. The molecule has 1 atom stereocenters. The molecule has 1 unspecified atom stereocenters. The number of esters is 2. The van der Waals surface area contributed by atoms with Gasteiger partial charge in [0, 0.05) is 5.70 Å². The number of carbonyl (C=O) groups excluding carboxylic acids is 2. The van der Waals surface area contributed by atoms with Gasteiger partial charge in [-0.2, -0.15) is 5.10 Å². The number of rotatable bonds is 3. The summed E-state index contributed by atoms with van der Waals surface area (Å²) in [7, 11) is 1.27. The molecule has 6 nitrogen and oxygen atoms in total. The van der Waals surface area contributed by atoms with Crippen LogP contribution in [0.4, 0.5) is 0 Å². The van der Waals surface area contributed by atoms with E-state index in [1.807, 2.05) is 0 Å². The molecule has 1 aliphatic heterocycles. The second kappa shape index (κ2) is 5.47. The van der Waals surface area contributed by atoms with Crippen LogP contribution in [0.5, 0.6) is 0 Å². The van der Waals surface area contributed by atoms with Gasteiger partial charge in [0.15, 0.2) is 0 Å². The van der Waals surface area contributed by atoms with E-state index >= 15 is 0 Å². The van der Waals surface area contributed by atoms with Crippen LogP contribution < -0.4 is 5.43 Å². The van der Waals surface area contributed by atoms with Crippen molar-refractivity contribution in [3.05, 3.63) is 11.3 Å². The molecule has 0 aromatic heterocycles. The molecular weight excluding hydrogens is 224 g/mol. The zero-order valence-corrected chi connectivity index (χ0v) is 10.4. The van der Waals surface area contributed by atoms with Gasteiger partial charge in [0.25, 0.3) is 0 Å². The predicted molar refractivity (Wildman–Crippen MR) is 61.1 cm³/mol. The standard InChI is InChI=1S/C11H16N2O4/c1-5-17-11(15)9-7(3)13-12-6(2)8(9)10(14)16-4/h9,12H,5H2,1-4H3. The number of nitrogens with zero attached hydrogens (tertiary/aromatic N) is 1. The first kappa shape index (κ1) is 13.2. The molecule has 0 aromatic carbocycles. The highest BCUT2D eigenvalue weighted by molar-refractivity contribution is 6.11. The van der Waals surface area contributed by atoms with E-state index in [1.165, 1.54) is 7.11 Å². The maximum atomic E-state index is 11.8. The second-order valence-electron chi connectivity index (χ2n) is 3.58. The highest BCUT2D eigenvalue weighted by Crippen LogP contribution is 2.22. The molecule has 0 fully saturated rings. The van der Waals surface area contributed by atoms with Crippen molar-refractivity contribution >= 4 is 17.7 Å². The number of hydrogen-bond acceptors (Lipinski definition) is 6. The monoisotopic (exact) mass is 240 g/mol. The Bertz CT molecular complexity index is 398. The van der Waals surface area contributed by atoms with Crippen LogP contribution in [-0.4, -0.2) is 31.4 Å². The Kier molecular flexibility index (Phi) is 4.25. The number of carbonyl (C=O) groups is 2. The van der Waals surface area contributed by atoms with Crippen molar-refractivity contribution in [2.45, 2.75) is 20.8 Å². The molecule has 1 heterocycles. The van der Waals surface area contributed by atoms with Crippen LogP contribution in [0.3, 0.4) is 0 Å². The van der Waals surface area contributed by atoms with E-state index in [0.717, 1.165) is 0 Å². The fraction of sp³-hybridized carbons (Fsp3) is 0.545. The molecule has 1 N–H and O–H groups in total. The van der Waals surface area contributed by atoms with Crippen LogP contribution in [0.15, 0.2) is 16.4 Å². The Morgan fingerprint density at radius 2 is 2.06 bits per heavy atom. The normalized spacial score (nSPS) is 19.3. The van der Waals surface area contributed by atoms with Crippen molar-refractivity contribution in [3.63, 3.8) is 0 Å². The van der Waals surface area contributed by atoms with Gasteiger partial charge in [-0.1, -0.05) is 0 Å². The topological polar surface area (TPSA) is 77.0 Å². The lowest BCUT2D eigenvalue weighted by atomic mass is 9.92. The summed E-state index contributed by atoms with van der Waals surface area (Å²) in [4.78, 5) is 23.5. The molecule has 17 heavy (non-hydrogen) atoms. The fourth-order valence-electron chi connectivity index (χ4n) is 1.62. The Balaban J connectivity index is 3.10. The highest BCUT2D eigenvalue weighted by atomic mass is 16.5. The van der Waals surface area contributed by atoms with E-state index in [-0.39, 0.29) is 12.2 Å². The summed E-state index contributed by atoms with van der Waals surface area (Å²) in [6.07, 6.45) is 0. The lowest BCUT2D eigenvalue weighted by molar-refractivity contribution is -0.147. The molecule has 0 saturated heterocycles. The largest absolute Gasteiger partial charge is 0.466 e. The molecule has 0 amide bonds. The van der Waals surface area contributed by atoms with E-state index in [2.05, 4.69) is 15.3 Å². The average molecular weight is 240 g/mol. The summed E-state index contributed by atoms with van der Waals surface area (Å²) in [6.45, 7) is 5.28. The van der Waals surface area contributed by atoms with Crippen LogP contribution in [0, 0.1) is 5.92 Å². The summed E-state index contributed by atoms with van der Waals surface area (Å²) in [5.41, 5.74) is 3.91. The number of ether oxygens (including phenoxy) is 2. The van der Waals surface area contributed by atoms with E-state index in [1.54, 1.807) is 20.8 Å². The van der Waals surface area contributed by atoms with Crippen LogP contribution in [-0.2, 0) is 19.1 Å². The van der Waals surface area contributed by atoms with Crippen LogP contribution in [0.1, 0.15) is 20.8 Å². The van der Waals surface area contributed by atoms with Crippen molar-refractivity contribution < 1.29 is 19.1 Å². The van der Waals surface area contributed by atoms with Gasteiger partial charge in [0.1, 0.15) is 5.92 Å². The van der Waals surface area contributed by atoms with Gasteiger partial charge in [-0.05, 0) is 20.8 Å². The van der Waals surface area contributed by atoms with Gasteiger partial charge in [0.05, 0.1) is 25.0 Å². The number of hydrogen-bond donors (Lipinski definition) is 1. The third-order valence-corrected chi connectivity index (χ3v) is 2.44. The van der Waals surface area contributed by atoms with E-state index < -0.39 is 17.9 Å². The van der Waals surface area contributed by atoms with Gasteiger partial charge >= 0.3 is 11.9 Å². The minimum atomic E-state index is -0.788. The second-order valence-corrected chi connectivity index (χ2v) is 3.58. The molecule has 0 aliphatic carbocycles. The van der Waals surface area contributed by atoms with Crippen molar-refractivity contribution in [2.24, 2.45) is 11.0 Å². The smallest absolute Gasteiger partial charge is 0.336 e. The third-order valence-electron chi connectivity index (χ3n) is 2.44. The lowest BCUT2D eigenvalue weighted by Crippen LogP contribution is -2.36. The van der Waals surface area contributed by atoms with Gasteiger partial charge in [-0.25, -0.2) is 4.79 Å². The zero-order valence-electron chi connectivity index (χ0n) is 10.4. The first-order chi connectivity index (χ1) is 8.02. The summed E-state index contributed by atoms with van der Waals surface area (Å²) >= 11 is 0. The molecule has 6 heteroatoms. The first-order valence-electron chi connectivity index (χ1n) is 5.28. The Labute approximate surface area is 99.7 Å². The molecule has 0 radical (unpaired) electrons. The lowest BCUT2D eigenvalue weighted by Gasteiger charge is -2.23. The molecule has 94 valence electrons. The van der Waals surface area contributed by atoms with Gasteiger partial charge in [0.2, 0.25) is 0 Å². The van der Waals surface area contributed by atoms with Gasteiger partial charge < -0.3 is 9.47 Å². The van der Waals surface area contributed by atoms with E-state index in [9.17, 15) is 9.59 Å². The van der Waals surface area contributed by atoms with Crippen molar-refractivity contribution in [2.75, 3.05) is 13.7 Å². The summed E-state index contributed by atoms with van der Waals surface area (Å²) in [5.74, 6) is -1.83. The Morgan fingerprint density at radius 3 is 2.59 bits per heavy atom.